The predicted molar refractivity (Wildman–Crippen MR) is 100.0 cm³/mol. The number of hydrogen-bond donors (Lipinski definition) is 2. The second kappa shape index (κ2) is 9.36. The van der Waals surface area contributed by atoms with Gasteiger partial charge < -0.3 is 15.0 Å². The van der Waals surface area contributed by atoms with Gasteiger partial charge in [0.1, 0.15) is 6.04 Å². The highest BCUT2D eigenvalue weighted by Crippen LogP contribution is 2.09. The Bertz CT molecular complexity index is 855. The fourth-order valence-electron chi connectivity index (χ4n) is 2.37. The summed E-state index contributed by atoms with van der Waals surface area (Å²) in [5.74, 6) is -1.49. The van der Waals surface area contributed by atoms with Crippen molar-refractivity contribution in [3.8, 4) is 0 Å². The summed E-state index contributed by atoms with van der Waals surface area (Å²) in [7, 11) is 0. The molecule has 1 unspecified atom stereocenters. The Balaban J connectivity index is 1.88. The first-order chi connectivity index (χ1) is 12.5. The van der Waals surface area contributed by atoms with Gasteiger partial charge in [-0.2, -0.15) is 0 Å². The van der Waals surface area contributed by atoms with Crippen molar-refractivity contribution in [3.05, 3.63) is 76.2 Å². The van der Waals surface area contributed by atoms with Gasteiger partial charge in [0.25, 0.3) is 5.91 Å². The number of unbranched alkanes of at least 4 members (excludes halogenated alkanes) is 1. The van der Waals surface area contributed by atoms with Gasteiger partial charge in [0.05, 0.1) is 0 Å². The number of nitrogens with zero attached hydrogens (tertiary/aromatic N) is 1. The van der Waals surface area contributed by atoms with E-state index < -0.39 is 17.9 Å². The topological polar surface area (TPSA) is 88.4 Å². The van der Waals surface area contributed by atoms with E-state index in [1.807, 2.05) is 24.3 Å². The van der Waals surface area contributed by atoms with Gasteiger partial charge in [-0.15, -0.1) is 0 Å². The van der Waals surface area contributed by atoms with Crippen LogP contribution in [-0.2, 0) is 11.3 Å². The van der Waals surface area contributed by atoms with Crippen molar-refractivity contribution >= 4 is 18.0 Å². The standard InChI is InChI=1S/C20H22N2O4/c1-15(20(25)26)21-19(24)17-10-7-9-16(14-17)8-3-2-5-12-22-13-6-4-11-18(22)23/h3-4,6-11,13-15H,2,5,12H2,1H3,(H,21,24)(H,25,26). The second-order valence-electron chi connectivity index (χ2n) is 5.94. The highest BCUT2D eigenvalue weighted by Gasteiger charge is 2.15. The van der Waals surface area contributed by atoms with Crippen LogP contribution >= 0.6 is 0 Å². The molecule has 2 N–H and O–H groups in total. The number of carbonyl (C=O) groups is 2. The Labute approximate surface area is 151 Å². The van der Waals surface area contributed by atoms with Crippen LogP contribution in [0.3, 0.4) is 0 Å². The average Bonchev–Trinajstić information content (AvgIpc) is 2.63. The highest BCUT2D eigenvalue weighted by atomic mass is 16.4. The summed E-state index contributed by atoms with van der Waals surface area (Å²) < 4.78 is 1.67. The van der Waals surface area contributed by atoms with E-state index in [0.717, 1.165) is 18.4 Å². The summed E-state index contributed by atoms with van der Waals surface area (Å²) in [6.07, 6.45) is 7.30. The van der Waals surface area contributed by atoms with Crippen molar-refractivity contribution in [2.45, 2.75) is 32.4 Å². The number of aryl methyl sites for hydroxylation is 1. The summed E-state index contributed by atoms with van der Waals surface area (Å²) in [4.78, 5) is 34.5. The summed E-state index contributed by atoms with van der Waals surface area (Å²) in [5.41, 5.74) is 1.26. The van der Waals surface area contributed by atoms with Crippen molar-refractivity contribution in [2.24, 2.45) is 0 Å². The lowest BCUT2D eigenvalue weighted by Crippen LogP contribution is -2.38. The average molecular weight is 354 g/mol. The van der Waals surface area contributed by atoms with Gasteiger partial charge in [0, 0.05) is 24.4 Å². The van der Waals surface area contributed by atoms with E-state index in [9.17, 15) is 14.4 Å². The lowest BCUT2D eigenvalue weighted by atomic mass is 10.1. The maximum absolute atomic E-state index is 12.0. The number of pyridine rings is 1. The van der Waals surface area contributed by atoms with E-state index in [-0.39, 0.29) is 5.56 Å². The maximum Gasteiger partial charge on any atom is 0.325 e. The Morgan fingerprint density at radius 1 is 1.23 bits per heavy atom. The molecule has 0 saturated heterocycles. The van der Waals surface area contributed by atoms with Gasteiger partial charge in [-0.25, -0.2) is 0 Å². The molecule has 1 heterocycles. The molecule has 0 spiro atoms. The SMILES string of the molecule is CC(NC(=O)c1cccc(C=CCCCn2ccccc2=O)c1)C(=O)O. The molecular formula is C20H22N2O4. The normalized spacial score (nSPS) is 12.0. The predicted octanol–water partition coefficient (Wildman–Crippen LogP) is 2.54. The number of carbonyl (C=O) groups excluding carboxylic acids is 1. The maximum atomic E-state index is 12.0. The molecule has 0 aliphatic heterocycles. The third-order valence-electron chi connectivity index (χ3n) is 3.85. The number of nitrogens with one attached hydrogen (secondary N) is 1. The van der Waals surface area contributed by atoms with Crippen LogP contribution in [-0.4, -0.2) is 27.6 Å². The van der Waals surface area contributed by atoms with Crippen LogP contribution in [0.15, 0.2) is 59.5 Å². The molecule has 0 aliphatic rings. The molecule has 0 radical (unpaired) electrons. The number of benzene rings is 1. The van der Waals surface area contributed by atoms with E-state index in [4.69, 9.17) is 5.11 Å². The van der Waals surface area contributed by atoms with Gasteiger partial charge in [-0.05, 0) is 43.5 Å². The summed E-state index contributed by atoms with van der Waals surface area (Å²) in [5, 5.41) is 11.3. The fourth-order valence-corrected chi connectivity index (χ4v) is 2.37. The first-order valence-corrected chi connectivity index (χ1v) is 8.43. The molecule has 136 valence electrons. The van der Waals surface area contributed by atoms with Crippen LogP contribution in [0.2, 0.25) is 0 Å². The molecule has 1 atom stereocenters. The number of aliphatic carboxylic acids is 1. The Kier molecular flexibility index (Phi) is 6.91. The lowest BCUT2D eigenvalue weighted by molar-refractivity contribution is -0.138. The zero-order valence-electron chi connectivity index (χ0n) is 14.6. The molecule has 2 aromatic rings. The van der Waals surface area contributed by atoms with Gasteiger partial charge in [-0.3, -0.25) is 14.4 Å². The van der Waals surface area contributed by atoms with Crippen LogP contribution in [0.1, 0.15) is 35.7 Å². The molecule has 0 aliphatic carbocycles. The van der Waals surface area contributed by atoms with Crippen molar-refractivity contribution in [1.29, 1.82) is 0 Å². The number of hydrogen-bond acceptors (Lipinski definition) is 3. The zero-order chi connectivity index (χ0) is 18.9. The summed E-state index contributed by atoms with van der Waals surface area (Å²) in [6.45, 7) is 2.07. The molecule has 26 heavy (non-hydrogen) atoms. The van der Waals surface area contributed by atoms with E-state index in [1.54, 1.807) is 35.0 Å². The number of carboxylic acids is 1. The molecule has 1 amide bonds. The van der Waals surface area contributed by atoms with E-state index >= 15 is 0 Å². The lowest BCUT2D eigenvalue weighted by Gasteiger charge is -2.09. The summed E-state index contributed by atoms with van der Waals surface area (Å²) >= 11 is 0. The molecule has 0 saturated carbocycles. The van der Waals surface area contributed by atoms with Gasteiger partial charge >= 0.3 is 5.97 Å². The fraction of sp³-hybridized carbons (Fsp3) is 0.250. The van der Waals surface area contributed by atoms with E-state index in [2.05, 4.69) is 5.32 Å². The molecule has 0 bridgehead atoms. The first-order valence-electron chi connectivity index (χ1n) is 8.43. The Morgan fingerprint density at radius 2 is 2.04 bits per heavy atom. The van der Waals surface area contributed by atoms with Crippen molar-refractivity contribution in [2.75, 3.05) is 0 Å². The number of carboxylic acid groups (broad SMARTS) is 1. The number of allylic oxidation sites excluding steroid dienone is 1. The van der Waals surface area contributed by atoms with Crippen LogP contribution in [0.25, 0.3) is 6.08 Å². The number of rotatable bonds is 8. The van der Waals surface area contributed by atoms with Crippen LogP contribution in [0, 0.1) is 0 Å². The quantitative estimate of drug-likeness (QED) is 0.713. The minimum absolute atomic E-state index is 0.00853. The summed E-state index contributed by atoms with van der Waals surface area (Å²) in [6, 6.07) is 11.1. The van der Waals surface area contributed by atoms with E-state index in [0.29, 0.717) is 12.1 Å². The van der Waals surface area contributed by atoms with Crippen LogP contribution < -0.4 is 10.9 Å². The van der Waals surface area contributed by atoms with E-state index in [1.165, 1.54) is 13.0 Å². The van der Waals surface area contributed by atoms with Gasteiger partial charge in [-0.1, -0.05) is 30.4 Å². The first kappa shape index (κ1) is 19.2. The minimum Gasteiger partial charge on any atom is -0.480 e. The molecular weight excluding hydrogens is 332 g/mol. The van der Waals surface area contributed by atoms with Crippen LogP contribution in [0.4, 0.5) is 0 Å². The minimum atomic E-state index is -1.08. The van der Waals surface area contributed by atoms with Crippen LogP contribution in [0.5, 0.6) is 0 Å². The third-order valence-corrected chi connectivity index (χ3v) is 3.85. The van der Waals surface area contributed by atoms with Crippen molar-refractivity contribution in [3.63, 3.8) is 0 Å². The van der Waals surface area contributed by atoms with Gasteiger partial charge in [0.2, 0.25) is 5.56 Å². The second-order valence-corrected chi connectivity index (χ2v) is 5.94. The largest absolute Gasteiger partial charge is 0.480 e. The Morgan fingerprint density at radius 3 is 2.77 bits per heavy atom. The molecule has 6 heteroatoms. The molecule has 6 nitrogen and oxygen atoms in total. The molecule has 1 aromatic carbocycles. The number of aromatic nitrogens is 1. The zero-order valence-corrected chi connectivity index (χ0v) is 14.6. The highest BCUT2D eigenvalue weighted by molar-refractivity contribution is 5.96. The molecule has 2 rings (SSSR count). The third kappa shape index (κ3) is 5.73. The molecule has 0 fully saturated rings. The molecule has 1 aromatic heterocycles. The van der Waals surface area contributed by atoms with Gasteiger partial charge in [0.15, 0.2) is 0 Å². The van der Waals surface area contributed by atoms with Crippen molar-refractivity contribution in [1.82, 2.24) is 9.88 Å². The van der Waals surface area contributed by atoms with Crippen molar-refractivity contribution < 1.29 is 14.7 Å². The number of amides is 1. The monoisotopic (exact) mass is 354 g/mol. The Hall–Kier alpha value is -3.15. The smallest absolute Gasteiger partial charge is 0.325 e.